The van der Waals surface area contributed by atoms with Gasteiger partial charge >= 0.3 is 0 Å². The van der Waals surface area contributed by atoms with E-state index >= 15 is 0 Å². The van der Waals surface area contributed by atoms with E-state index in [-0.39, 0.29) is 29.8 Å². The van der Waals surface area contributed by atoms with E-state index in [9.17, 15) is 18.0 Å². The van der Waals surface area contributed by atoms with Crippen molar-refractivity contribution in [2.45, 2.75) is 31.7 Å². The second-order valence-electron chi connectivity index (χ2n) is 8.16. The number of nitrogens with zero attached hydrogens (tertiary/aromatic N) is 4. The third-order valence-corrected chi connectivity index (χ3v) is 8.13. The van der Waals surface area contributed by atoms with E-state index in [1.165, 1.54) is 13.9 Å². The van der Waals surface area contributed by atoms with Crippen molar-refractivity contribution >= 4 is 38.9 Å². The average Bonchev–Trinajstić information content (AvgIpc) is 3.34. The molecule has 10 heteroatoms. The molecule has 0 aliphatic carbocycles. The van der Waals surface area contributed by atoms with Crippen molar-refractivity contribution in [2.24, 2.45) is 0 Å². The molecule has 0 fully saturated rings. The van der Waals surface area contributed by atoms with Gasteiger partial charge in [-0.3, -0.25) is 23.5 Å². The number of fused-ring (bicyclic) bond motifs is 2. The van der Waals surface area contributed by atoms with Crippen LogP contribution in [-0.4, -0.2) is 43.1 Å². The quantitative estimate of drug-likeness (QED) is 0.636. The number of anilines is 3. The van der Waals surface area contributed by atoms with Crippen LogP contribution in [0.3, 0.4) is 0 Å². The molecule has 9 nitrogen and oxygen atoms in total. The third kappa shape index (κ3) is 3.46. The monoisotopic (exact) mass is 465 g/mol. The summed E-state index contributed by atoms with van der Waals surface area (Å²) >= 11 is 0. The van der Waals surface area contributed by atoms with Crippen LogP contribution in [0, 0.1) is 13.8 Å². The van der Waals surface area contributed by atoms with Crippen LogP contribution in [0.15, 0.2) is 53.4 Å². The minimum atomic E-state index is -3.85. The number of para-hydroxylation sites is 3. The van der Waals surface area contributed by atoms with E-state index < -0.39 is 10.0 Å². The summed E-state index contributed by atoms with van der Waals surface area (Å²) in [7, 11) is -3.85. The summed E-state index contributed by atoms with van der Waals surface area (Å²) in [6.07, 6.45) is 0.649. The number of nitrogens with one attached hydrogen (secondary N) is 1. The number of benzene rings is 2. The molecule has 0 atom stereocenters. The van der Waals surface area contributed by atoms with Crippen LogP contribution in [0.25, 0.3) is 0 Å². The Hall–Kier alpha value is -3.66. The van der Waals surface area contributed by atoms with Crippen LogP contribution in [0.4, 0.5) is 17.1 Å². The van der Waals surface area contributed by atoms with Crippen LogP contribution in [0.2, 0.25) is 0 Å². The number of rotatable bonds is 4. The standard InChI is InChI=1S/C23H23N5O4S/c1-15-23(33(31,32)28-12-11-17-7-3-5-9-19(17)28)16(2)27(25-15)14-22(30)26-13-21(29)24-18-8-4-6-10-20(18)26/h3-10H,11-14H2,1-2H3,(H,24,29). The first-order chi connectivity index (χ1) is 15.8. The highest BCUT2D eigenvalue weighted by atomic mass is 32.2. The second-order valence-corrected chi connectivity index (χ2v) is 9.96. The zero-order valence-corrected chi connectivity index (χ0v) is 19.1. The maximum Gasteiger partial charge on any atom is 0.268 e. The highest BCUT2D eigenvalue weighted by molar-refractivity contribution is 7.93. The molecule has 5 rings (SSSR count). The molecule has 0 radical (unpaired) electrons. The van der Waals surface area contributed by atoms with Gasteiger partial charge in [0.05, 0.1) is 28.5 Å². The van der Waals surface area contributed by atoms with Crippen LogP contribution < -0.4 is 14.5 Å². The van der Waals surface area contributed by atoms with Gasteiger partial charge in [0, 0.05) is 6.54 Å². The Labute approximate surface area is 191 Å². The summed E-state index contributed by atoms with van der Waals surface area (Å²) in [4.78, 5) is 26.7. The van der Waals surface area contributed by atoms with Crippen molar-refractivity contribution < 1.29 is 18.0 Å². The van der Waals surface area contributed by atoms with Gasteiger partial charge in [0.1, 0.15) is 18.0 Å². The number of hydrogen-bond donors (Lipinski definition) is 1. The van der Waals surface area contributed by atoms with Crippen LogP contribution in [-0.2, 0) is 32.6 Å². The molecule has 1 aromatic heterocycles. The first-order valence-electron chi connectivity index (χ1n) is 10.6. The average molecular weight is 466 g/mol. The summed E-state index contributed by atoms with van der Waals surface area (Å²) in [6.45, 7) is 3.36. The molecule has 0 unspecified atom stereocenters. The summed E-state index contributed by atoms with van der Waals surface area (Å²) < 4.78 is 30.0. The zero-order valence-electron chi connectivity index (χ0n) is 18.3. The molecule has 170 valence electrons. The van der Waals surface area contributed by atoms with Crippen molar-refractivity contribution in [3.63, 3.8) is 0 Å². The molecule has 3 heterocycles. The maximum atomic E-state index is 13.6. The van der Waals surface area contributed by atoms with Crippen molar-refractivity contribution in [3.8, 4) is 0 Å². The van der Waals surface area contributed by atoms with Gasteiger partial charge in [-0.1, -0.05) is 30.3 Å². The van der Waals surface area contributed by atoms with E-state index in [2.05, 4.69) is 10.4 Å². The van der Waals surface area contributed by atoms with Crippen molar-refractivity contribution in [1.82, 2.24) is 9.78 Å². The Morgan fingerprint density at radius 1 is 1.06 bits per heavy atom. The molecule has 2 aliphatic heterocycles. The topological polar surface area (TPSA) is 105 Å². The minimum absolute atomic E-state index is 0.106. The first kappa shape index (κ1) is 21.2. The van der Waals surface area contributed by atoms with Gasteiger partial charge in [-0.25, -0.2) is 8.42 Å². The van der Waals surface area contributed by atoms with E-state index in [1.807, 2.05) is 18.2 Å². The summed E-state index contributed by atoms with van der Waals surface area (Å²) in [5, 5.41) is 7.13. The Balaban J connectivity index is 1.46. The van der Waals surface area contributed by atoms with Gasteiger partial charge in [0.25, 0.3) is 10.0 Å². The Bertz CT molecular complexity index is 1400. The summed E-state index contributed by atoms with van der Waals surface area (Å²) in [6, 6.07) is 14.5. The van der Waals surface area contributed by atoms with E-state index in [4.69, 9.17) is 0 Å². The molecule has 0 spiro atoms. The molecular formula is C23H23N5O4S. The lowest BCUT2D eigenvalue weighted by atomic mass is 10.2. The molecule has 0 saturated carbocycles. The lowest BCUT2D eigenvalue weighted by molar-refractivity contribution is -0.122. The molecule has 1 N–H and O–H groups in total. The molecule has 0 bridgehead atoms. The van der Waals surface area contributed by atoms with Crippen LogP contribution >= 0.6 is 0 Å². The maximum absolute atomic E-state index is 13.6. The van der Waals surface area contributed by atoms with E-state index in [1.54, 1.807) is 44.2 Å². The fraction of sp³-hybridized carbons (Fsp3) is 0.261. The highest BCUT2D eigenvalue weighted by Crippen LogP contribution is 2.35. The van der Waals surface area contributed by atoms with Crippen LogP contribution in [0.1, 0.15) is 17.0 Å². The Morgan fingerprint density at radius 3 is 2.55 bits per heavy atom. The lowest BCUT2D eigenvalue weighted by Gasteiger charge is -2.29. The molecule has 0 saturated heterocycles. The van der Waals surface area contributed by atoms with Gasteiger partial charge in [-0.2, -0.15) is 5.10 Å². The fourth-order valence-electron chi connectivity index (χ4n) is 4.54. The van der Waals surface area contributed by atoms with Crippen molar-refractivity contribution in [3.05, 3.63) is 65.5 Å². The molecule has 2 aliphatic rings. The van der Waals surface area contributed by atoms with Crippen molar-refractivity contribution in [1.29, 1.82) is 0 Å². The number of sulfonamides is 1. The van der Waals surface area contributed by atoms with Crippen molar-refractivity contribution in [2.75, 3.05) is 27.6 Å². The number of hydrogen-bond acceptors (Lipinski definition) is 5. The van der Waals surface area contributed by atoms with E-state index in [0.717, 1.165) is 5.56 Å². The fourth-order valence-corrected chi connectivity index (χ4v) is 6.43. The van der Waals surface area contributed by atoms with Gasteiger partial charge in [-0.05, 0) is 44.0 Å². The summed E-state index contributed by atoms with van der Waals surface area (Å²) in [5.74, 6) is -0.634. The molecular weight excluding hydrogens is 442 g/mol. The number of carbonyl (C=O) groups excluding carboxylic acids is 2. The molecule has 2 aromatic carbocycles. The number of amides is 2. The predicted octanol–water partition coefficient (Wildman–Crippen LogP) is 2.24. The SMILES string of the molecule is Cc1nn(CC(=O)N2CC(=O)Nc3ccccc32)c(C)c1S(=O)(=O)N1CCc2ccccc21. The van der Waals surface area contributed by atoms with Gasteiger partial charge < -0.3 is 5.32 Å². The first-order valence-corrected chi connectivity index (χ1v) is 12.1. The largest absolute Gasteiger partial charge is 0.323 e. The normalized spacial score (nSPS) is 15.3. The number of carbonyl (C=O) groups is 2. The predicted molar refractivity (Wildman–Crippen MR) is 124 cm³/mol. The highest BCUT2D eigenvalue weighted by Gasteiger charge is 2.35. The Kier molecular flexibility index (Phi) is 4.97. The number of aryl methyl sites for hydroxylation is 1. The minimum Gasteiger partial charge on any atom is -0.323 e. The molecule has 33 heavy (non-hydrogen) atoms. The van der Waals surface area contributed by atoms with Gasteiger partial charge in [0.2, 0.25) is 11.8 Å². The van der Waals surface area contributed by atoms with Gasteiger partial charge in [-0.15, -0.1) is 0 Å². The zero-order chi connectivity index (χ0) is 23.3. The number of aromatic nitrogens is 2. The van der Waals surface area contributed by atoms with Gasteiger partial charge in [0.15, 0.2) is 0 Å². The molecule has 2 amide bonds. The smallest absolute Gasteiger partial charge is 0.268 e. The van der Waals surface area contributed by atoms with E-state index in [0.29, 0.717) is 41.4 Å². The molecule has 3 aromatic rings. The second kappa shape index (κ2) is 7.73. The third-order valence-electron chi connectivity index (χ3n) is 6.06. The Morgan fingerprint density at radius 2 is 1.76 bits per heavy atom. The lowest BCUT2D eigenvalue weighted by Crippen LogP contribution is -2.43. The van der Waals surface area contributed by atoms with Crippen LogP contribution in [0.5, 0.6) is 0 Å². The summed E-state index contributed by atoms with van der Waals surface area (Å²) in [5.41, 5.74) is 3.55.